The standard InChI is InChI=1S/C16H12.C2H5.Al/c1-14(16-10-6-3-7-11-16)12-13-15-8-4-2-5-9-15;1-2;/h1-12H;1H2,2H3;/q-2;-1;+3. The van der Waals surface area contributed by atoms with E-state index in [-0.39, 0.29) is 17.4 Å². The summed E-state index contributed by atoms with van der Waals surface area (Å²) in [7, 11) is 0. The number of allylic oxidation sites excluding steroid dienone is 2. The van der Waals surface area contributed by atoms with Crippen molar-refractivity contribution >= 4 is 22.9 Å². The quantitative estimate of drug-likeness (QED) is 0.437. The fourth-order valence-corrected chi connectivity index (χ4v) is 1.41. The third kappa shape index (κ3) is 6.25. The molecule has 0 unspecified atom stereocenters. The Hall–Kier alpha value is -1.55. The summed E-state index contributed by atoms with van der Waals surface area (Å²) in [4.78, 5) is 0. The molecule has 0 aliphatic carbocycles. The fraction of sp³-hybridized carbons (Fsp3) is 0.0556. The van der Waals surface area contributed by atoms with Crippen molar-refractivity contribution in [3.05, 3.63) is 97.4 Å². The van der Waals surface area contributed by atoms with Gasteiger partial charge in [-0.3, -0.25) is 12.2 Å². The number of rotatable bonds is 3. The normalized spacial score (nSPS) is 9.16. The minimum atomic E-state index is 0. The molecule has 1 heteroatoms. The zero-order valence-electron chi connectivity index (χ0n) is 11.2. The van der Waals surface area contributed by atoms with E-state index in [1.54, 1.807) is 6.92 Å². The van der Waals surface area contributed by atoms with Crippen LogP contribution in [0.1, 0.15) is 18.1 Å². The Morgan fingerprint density at radius 2 is 1.42 bits per heavy atom. The van der Waals surface area contributed by atoms with E-state index in [1.807, 2.05) is 66.7 Å². The molecule has 19 heavy (non-hydrogen) atoms. The van der Waals surface area contributed by atoms with Gasteiger partial charge in [0.2, 0.25) is 0 Å². The van der Waals surface area contributed by atoms with Crippen molar-refractivity contribution in [2.75, 3.05) is 0 Å². The smallest absolute Gasteiger partial charge is 0.346 e. The third-order valence-electron chi connectivity index (χ3n) is 2.28. The first-order valence-electron chi connectivity index (χ1n) is 5.89. The summed E-state index contributed by atoms with van der Waals surface area (Å²) >= 11 is 0. The molecular formula is C18H17Al. The van der Waals surface area contributed by atoms with Gasteiger partial charge in [0.15, 0.2) is 0 Å². The maximum absolute atomic E-state index is 5.94. The van der Waals surface area contributed by atoms with Crippen LogP contribution in [0.4, 0.5) is 0 Å². The number of hydrogen-bond donors (Lipinski definition) is 0. The minimum absolute atomic E-state index is 0. The van der Waals surface area contributed by atoms with Gasteiger partial charge in [0.1, 0.15) is 0 Å². The maximum Gasteiger partial charge on any atom is 3.00 e. The molecule has 0 radical (unpaired) electrons. The van der Waals surface area contributed by atoms with Gasteiger partial charge in [0, 0.05) is 0 Å². The average Bonchev–Trinajstić information content (AvgIpc) is 2.49. The van der Waals surface area contributed by atoms with Crippen LogP contribution in [0.5, 0.6) is 0 Å². The Bertz CT molecular complexity index is 484. The SMILES string of the molecule is [Al+3].[CH-]=C(C=[C-]c1ccccc1)c1ccccc1.[CH2-]C. The van der Waals surface area contributed by atoms with E-state index in [2.05, 4.69) is 13.0 Å². The number of benzene rings is 2. The van der Waals surface area contributed by atoms with Crippen LogP contribution in [0.2, 0.25) is 0 Å². The van der Waals surface area contributed by atoms with E-state index in [9.17, 15) is 0 Å². The Balaban J connectivity index is 0.00000103. The summed E-state index contributed by atoms with van der Waals surface area (Å²) < 4.78 is 0. The molecule has 0 N–H and O–H groups in total. The van der Waals surface area contributed by atoms with Crippen molar-refractivity contribution in [2.45, 2.75) is 6.92 Å². The Kier molecular flexibility index (Phi) is 9.54. The number of hydrogen-bond acceptors (Lipinski definition) is 0. The molecule has 0 aliphatic heterocycles. The van der Waals surface area contributed by atoms with Gasteiger partial charge in [-0.1, -0.05) is 24.3 Å². The van der Waals surface area contributed by atoms with E-state index in [1.165, 1.54) is 0 Å². The first-order chi connectivity index (χ1) is 8.86. The summed E-state index contributed by atoms with van der Waals surface area (Å²) in [6.07, 6.45) is 4.97. The molecule has 92 valence electrons. The molecule has 0 amide bonds. The van der Waals surface area contributed by atoms with Crippen LogP contribution in [0, 0.1) is 19.6 Å². The summed E-state index contributed by atoms with van der Waals surface area (Å²) in [5, 5.41) is 0. The zero-order valence-corrected chi connectivity index (χ0v) is 12.4. The van der Waals surface area contributed by atoms with Crippen molar-refractivity contribution in [1.29, 1.82) is 0 Å². The minimum Gasteiger partial charge on any atom is -0.346 e. The molecule has 0 aliphatic rings. The van der Waals surface area contributed by atoms with E-state index in [0.29, 0.717) is 0 Å². The first kappa shape index (κ1) is 17.5. The van der Waals surface area contributed by atoms with Crippen LogP contribution in [0.25, 0.3) is 5.57 Å². The zero-order chi connectivity index (χ0) is 13.2. The molecule has 0 saturated carbocycles. The van der Waals surface area contributed by atoms with Gasteiger partial charge in [-0.15, -0.1) is 36.4 Å². The van der Waals surface area contributed by atoms with E-state index in [0.717, 1.165) is 16.7 Å². The second-order valence-electron chi connectivity index (χ2n) is 3.48. The van der Waals surface area contributed by atoms with Crippen LogP contribution in [-0.4, -0.2) is 17.4 Å². The van der Waals surface area contributed by atoms with Crippen molar-refractivity contribution in [3.63, 3.8) is 0 Å². The van der Waals surface area contributed by atoms with Crippen molar-refractivity contribution < 1.29 is 0 Å². The van der Waals surface area contributed by atoms with Gasteiger partial charge in [0.25, 0.3) is 0 Å². The van der Waals surface area contributed by atoms with Crippen LogP contribution in [-0.2, 0) is 0 Å². The predicted octanol–water partition coefficient (Wildman–Crippen LogP) is 4.37. The van der Waals surface area contributed by atoms with Gasteiger partial charge >= 0.3 is 17.4 Å². The largest absolute Gasteiger partial charge is 3.00 e. The van der Waals surface area contributed by atoms with Gasteiger partial charge in [-0.2, -0.15) is 18.1 Å². The van der Waals surface area contributed by atoms with Gasteiger partial charge < -0.3 is 6.92 Å². The van der Waals surface area contributed by atoms with Crippen LogP contribution < -0.4 is 0 Å². The summed E-state index contributed by atoms with van der Waals surface area (Å²) in [5.74, 6) is 0. The second-order valence-corrected chi connectivity index (χ2v) is 3.48. The summed E-state index contributed by atoms with van der Waals surface area (Å²) in [5.41, 5.74) is 2.77. The monoisotopic (exact) mass is 260 g/mol. The van der Waals surface area contributed by atoms with Crippen molar-refractivity contribution in [2.24, 2.45) is 0 Å². The predicted molar refractivity (Wildman–Crippen MR) is 84.3 cm³/mol. The van der Waals surface area contributed by atoms with Gasteiger partial charge in [0.05, 0.1) is 0 Å². The van der Waals surface area contributed by atoms with E-state index < -0.39 is 0 Å². The van der Waals surface area contributed by atoms with E-state index in [4.69, 9.17) is 6.58 Å². The molecule has 0 spiro atoms. The Morgan fingerprint density at radius 1 is 0.947 bits per heavy atom. The Labute approximate surface area is 127 Å². The molecule has 0 fully saturated rings. The molecule has 2 rings (SSSR count). The molecule has 0 nitrogen and oxygen atoms in total. The average molecular weight is 260 g/mol. The molecule has 0 bridgehead atoms. The van der Waals surface area contributed by atoms with Crippen LogP contribution in [0.15, 0.2) is 66.7 Å². The maximum atomic E-state index is 5.94. The molecule has 2 aromatic rings. The molecule has 0 heterocycles. The van der Waals surface area contributed by atoms with Gasteiger partial charge in [-0.25, -0.2) is 12.2 Å². The van der Waals surface area contributed by atoms with E-state index >= 15 is 0 Å². The van der Waals surface area contributed by atoms with Crippen molar-refractivity contribution in [3.8, 4) is 0 Å². The molecule has 0 aromatic heterocycles. The van der Waals surface area contributed by atoms with Crippen LogP contribution >= 0.6 is 0 Å². The van der Waals surface area contributed by atoms with Crippen LogP contribution in [0.3, 0.4) is 0 Å². The first-order valence-corrected chi connectivity index (χ1v) is 5.89. The Morgan fingerprint density at radius 3 is 1.95 bits per heavy atom. The third-order valence-corrected chi connectivity index (χ3v) is 2.28. The van der Waals surface area contributed by atoms with Crippen molar-refractivity contribution in [1.82, 2.24) is 0 Å². The molecule has 0 atom stereocenters. The van der Waals surface area contributed by atoms with Gasteiger partial charge in [-0.05, 0) is 0 Å². The molecular weight excluding hydrogens is 243 g/mol. The fourth-order valence-electron chi connectivity index (χ4n) is 1.41. The molecule has 0 saturated heterocycles. The molecule has 2 aromatic carbocycles. The summed E-state index contributed by atoms with van der Waals surface area (Å²) in [6.45, 7) is 10.9. The second kappa shape index (κ2) is 10.4. The topological polar surface area (TPSA) is 0 Å². The summed E-state index contributed by atoms with van der Waals surface area (Å²) in [6, 6.07) is 19.8.